The molecule has 0 saturated carbocycles. The predicted molar refractivity (Wildman–Crippen MR) is 54.6 cm³/mol. The van der Waals surface area contributed by atoms with Crippen LogP contribution in [0.25, 0.3) is 0 Å². The van der Waals surface area contributed by atoms with E-state index in [0.29, 0.717) is 0 Å². The summed E-state index contributed by atoms with van der Waals surface area (Å²) in [5, 5.41) is 8.21. The number of carbonyl (C=O) groups excluding carboxylic acids is 1. The van der Waals surface area contributed by atoms with Gasteiger partial charge in [0.15, 0.2) is 6.61 Å². The number of nitrogens with zero attached hydrogens (tertiary/aromatic N) is 1. The van der Waals surface area contributed by atoms with Gasteiger partial charge in [0.1, 0.15) is 6.07 Å². The van der Waals surface area contributed by atoms with Crippen molar-refractivity contribution in [2.45, 2.75) is 12.5 Å². The number of carbonyl (C=O) groups is 1. The first-order valence-corrected chi connectivity index (χ1v) is 4.57. The van der Waals surface area contributed by atoms with Gasteiger partial charge in [0.25, 0.3) is 0 Å². The van der Waals surface area contributed by atoms with E-state index in [0.717, 1.165) is 5.56 Å². The first-order valence-electron chi connectivity index (χ1n) is 4.57. The normalized spacial score (nSPS) is 11.5. The van der Waals surface area contributed by atoms with Crippen molar-refractivity contribution in [2.75, 3.05) is 6.61 Å². The zero-order valence-electron chi connectivity index (χ0n) is 8.22. The fourth-order valence-corrected chi connectivity index (χ4v) is 1.17. The average molecular weight is 204 g/mol. The number of nitriles is 1. The van der Waals surface area contributed by atoms with Gasteiger partial charge in [-0.15, -0.1) is 0 Å². The minimum atomic E-state index is -0.451. The Bertz CT molecular complexity index is 357. The Kier molecular flexibility index (Phi) is 4.32. The van der Waals surface area contributed by atoms with Gasteiger partial charge in [-0.3, -0.25) is 4.79 Å². The molecule has 1 rings (SSSR count). The van der Waals surface area contributed by atoms with E-state index in [1.807, 2.05) is 30.3 Å². The topological polar surface area (TPSA) is 76.1 Å². The van der Waals surface area contributed by atoms with E-state index in [9.17, 15) is 4.79 Å². The monoisotopic (exact) mass is 204 g/mol. The lowest BCUT2D eigenvalue weighted by atomic mass is 10.1. The van der Waals surface area contributed by atoms with Crippen LogP contribution >= 0.6 is 0 Å². The van der Waals surface area contributed by atoms with Crippen LogP contribution in [0.4, 0.5) is 0 Å². The highest BCUT2D eigenvalue weighted by atomic mass is 16.5. The lowest BCUT2D eigenvalue weighted by molar-refractivity contribution is -0.142. The summed E-state index contributed by atoms with van der Waals surface area (Å²) in [6, 6.07) is 10.6. The number of ether oxygens (including phenoxy) is 1. The van der Waals surface area contributed by atoms with Gasteiger partial charge in [-0.05, 0) is 5.56 Å². The van der Waals surface area contributed by atoms with E-state index in [4.69, 9.17) is 11.0 Å². The predicted octanol–water partition coefficient (Wildman–Crippen LogP) is 1.14. The number of esters is 1. The molecular weight excluding hydrogens is 192 g/mol. The molecule has 0 saturated heterocycles. The Labute approximate surface area is 88.3 Å². The first-order chi connectivity index (χ1) is 7.24. The molecule has 1 aromatic rings. The summed E-state index contributed by atoms with van der Waals surface area (Å²) in [5.41, 5.74) is 6.66. The third kappa shape index (κ3) is 3.79. The third-order valence-corrected chi connectivity index (χ3v) is 1.91. The number of hydrogen-bond acceptors (Lipinski definition) is 4. The van der Waals surface area contributed by atoms with E-state index >= 15 is 0 Å². The van der Waals surface area contributed by atoms with Crippen LogP contribution in [0.5, 0.6) is 0 Å². The number of rotatable bonds is 4. The van der Waals surface area contributed by atoms with Crippen molar-refractivity contribution in [2.24, 2.45) is 5.73 Å². The van der Waals surface area contributed by atoms with Crippen molar-refractivity contribution in [1.29, 1.82) is 5.26 Å². The lowest BCUT2D eigenvalue weighted by Gasteiger charge is -2.10. The van der Waals surface area contributed by atoms with Gasteiger partial charge in [-0.1, -0.05) is 30.3 Å². The summed E-state index contributed by atoms with van der Waals surface area (Å²) in [6.07, 6.45) is 0.0890. The van der Waals surface area contributed by atoms with Gasteiger partial charge in [0.05, 0.1) is 6.42 Å². The zero-order chi connectivity index (χ0) is 11.1. The quantitative estimate of drug-likeness (QED) is 0.746. The molecule has 78 valence electrons. The lowest BCUT2D eigenvalue weighted by Crippen LogP contribution is -2.17. The molecule has 2 N–H and O–H groups in total. The molecule has 0 spiro atoms. The molecule has 0 amide bonds. The van der Waals surface area contributed by atoms with Crippen LogP contribution in [0.3, 0.4) is 0 Å². The molecule has 15 heavy (non-hydrogen) atoms. The number of nitrogens with two attached hydrogens (primary N) is 1. The van der Waals surface area contributed by atoms with E-state index < -0.39 is 5.97 Å². The molecule has 0 unspecified atom stereocenters. The summed E-state index contributed by atoms with van der Waals surface area (Å²) >= 11 is 0. The fourth-order valence-electron chi connectivity index (χ4n) is 1.17. The minimum Gasteiger partial charge on any atom is -0.450 e. The molecule has 0 aliphatic rings. The van der Waals surface area contributed by atoms with Crippen LogP contribution in [-0.2, 0) is 9.53 Å². The Morgan fingerprint density at radius 1 is 1.47 bits per heavy atom. The molecule has 0 fully saturated rings. The fraction of sp³-hybridized carbons (Fsp3) is 0.273. The second-order valence-corrected chi connectivity index (χ2v) is 3.04. The maximum absolute atomic E-state index is 11.1. The molecule has 0 aliphatic carbocycles. The van der Waals surface area contributed by atoms with Crippen molar-refractivity contribution in [1.82, 2.24) is 0 Å². The Hall–Kier alpha value is -1.86. The average Bonchev–Trinajstić information content (AvgIpc) is 2.27. The SMILES string of the molecule is N#CCOC(=O)C[C@@H](N)c1ccccc1. The molecule has 0 aliphatic heterocycles. The molecular formula is C11H12N2O2. The maximum atomic E-state index is 11.1. The highest BCUT2D eigenvalue weighted by molar-refractivity contribution is 5.70. The molecule has 0 radical (unpaired) electrons. The number of hydrogen-bond donors (Lipinski definition) is 1. The molecule has 1 aromatic carbocycles. The van der Waals surface area contributed by atoms with Gasteiger partial charge < -0.3 is 10.5 Å². The van der Waals surface area contributed by atoms with E-state index in [1.54, 1.807) is 6.07 Å². The molecule has 4 nitrogen and oxygen atoms in total. The van der Waals surface area contributed by atoms with Gasteiger partial charge in [0, 0.05) is 6.04 Å². The third-order valence-electron chi connectivity index (χ3n) is 1.91. The van der Waals surface area contributed by atoms with E-state index in [-0.39, 0.29) is 19.1 Å². The Morgan fingerprint density at radius 2 is 2.13 bits per heavy atom. The molecule has 0 aromatic heterocycles. The molecule has 4 heteroatoms. The Balaban J connectivity index is 2.46. The molecule has 1 atom stereocenters. The summed E-state index contributed by atoms with van der Waals surface area (Å²) in [5.74, 6) is -0.451. The van der Waals surface area contributed by atoms with Crippen molar-refractivity contribution < 1.29 is 9.53 Å². The number of benzene rings is 1. The van der Waals surface area contributed by atoms with Crippen LogP contribution in [0.2, 0.25) is 0 Å². The highest BCUT2D eigenvalue weighted by Gasteiger charge is 2.11. The summed E-state index contributed by atoms with van der Waals surface area (Å²) in [4.78, 5) is 11.1. The molecule has 0 heterocycles. The summed E-state index contributed by atoms with van der Waals surface area (Å²) in [6.45, 7) is -0.222. The van der Waals surface area contributed by atoms with Crippen LogP contribution in [0.1, 0.15) is 18.0 Å². The molecule has 0 bridgehead atoms. The smallest absolute Gasteiger partial charge is 0.308 e. The van der Waals surface area contributed by atoms with Gasteiger partial charge >= 0.3 is 5.97 Å². The van der Waals surface area contributed by atoms with Gasteiger partial charge in [-0.2, -0.15) is 5.26 Å². The highest BCUT2D eigenvalue weighted by Crippen LogP contribution is 2.13. The maximum Gasteiger partial charge on any atom is 0.308 e. The van der Waals surface area contributed by atoms with E-state index in [1.165, 1.54) is 0 Å². The van der Waals surface area contributed by atoms with Crippen LogP contribution in [0, 0.1) is 11.3 Å². The van der Waals surface area contributed by atoms with Crippen LogP contribution in [-0.4, -0.2) is 12.6 Å². The Morgan fingerprint density at radius 3 is 2.73 bits per heavy atom. The summed E-state index contributed by atoms with van der Waals surface area (Å²) in [7, 11) is 0. The van der Waals surface area contributed by atoms with Gasteiger partial charge in [0.2, 0.25) is 0 Å². The summed E-state index contributed by atoms with van der Waals surface area (Å²) < 4.78 is 4.60. The zero-order valence-corrected chi connectivity index (χ0v) is 8.22. The van der Waals surface area contributed by atoms with Crippen LogP contribution < -0.4 is 5.73 Å². The van der Waals surface area contributed by atoms with Crippen molar-refractivity contribution in [3.05, 3.63) is 35.9 Å². The van der Waals surface area contributed by atoms with Crippen LogP contribution in [0.15, 0.2) is 30.3 Å². The van der Waals surface area contributed by atoms with Crippen molar-refractivity contribution in [3.63, 3.8) is 0 Å². The standard InChI is InChI=1S/C11H12N2O2/c12-6-7-15-11(14)8-10(13)9-4-2-1-3-5-9/h1-5,10H,7-8,13H2/t10-/m1/s1. The first kappa shape index (κ1) is 11.2. The van der Waals surface area contributed by atoms with Crippen molar-refractivity contribution in [3.8, 4) is 6.07 Å². The van der Waals surface area contributed by atoms with Crippen molar-refractivity contribution >= 4 is 5.97 Å². The second-order valence-electron chi connectivity index (χ2n) is 3.04. The van der Waals surface area contributed by atoms with E-state index in [2.05, 4.69) is 4.74 Å². The van der Waals surface area contributed by atoms with Gasteiger partial charge in [-0.25, -0.2) is 0 Å². The minimum absolute atomic E-state index is 0.0890. The second kappa shape index (κ2) is 5.78. The largest absolute Gasteiger partial charge is 0.450 e.